The normalized spacial score (nSPS) is 18.5. The molecule has 0 N–H and O–H groups in total. The topological polar surface area (TPSA) is 12.9 Å². The molecule has 1 aliphatic rings. The lowest BCUT2D eigenvalue weighted by Crippen LogP contribution is -2.14. The molecule has 0 atom stereocenters. The van der Waals surface area contributed by atoms with E-state index in [9.17, 15) is 0 Å². The van der Waals surface area contributed by atoms with Crippen molar-refractivity contribution in [2.45, 2.75) is 123 Å². The van der Waals surface area contributed by atoms with Crippen LogP contribution in [0.5, 0.6) is 0 Å². The molecule has 1 heterocycles. The van der Waals surface area contributed by atoms with Gasteiger partial charge in [0.2, 0.25) is 0 Å². The van der Waals surface area contributed by atoms with E-state index in [0.717, 1.165) is 24.0 Å². The van der Waals surface area contributed by atoms with Crippen LogP contribution < -0.4 is 0 Å². The summed E-state index contributed by atoms with van der Waals surface area (Å²) >= 11 is 0. The fourth-order valence-electron chi connectivity index (χ4n) is 5.60. The summed E-state index contributed by atoms with van der Waals surface area (Å²) < 4.78 is 0. The van der Waals surface area contributed by atoms with Crippen LogP contribution in [0.1, 0.15) is 121 Å². The number of hydrogen-bond acceptors (Lipinski definition) is 1. The standard InChI is InChI=1S/C32H49N/c1-3-5-7-9-15-30-22-25-32(33-26-30)31-23-20-29(21-24-31)14-11-10-13-28-18-16-27(17-19-28)12-8-6-4-2/h20-28H,3-19H2,1-2H3. The summed E-state index contributed by atoms with van der Waals surface area (Å²) in [6, 6.07) is 13.6. The minimum atomic E-state index is 1.01. The molecule has 1 aromatic carbocycles. The minimum Gasteiger partial charge on any atom is -0.256 e. The molecule has 0 saturated heterocycles. The molecule has 33 heavy (non-hydrogen) atoms. The zero-order valence-corrected chi connectivity index (χ0v) is 21.7. The monoisotopic (exact) mass is 447 g/mol. The van der Waals surface area contributed by atoms with Crippen molar-refractivity contribution >= 4 is 0 Å². The third-order valence-electron chi connectivity index (χ3n) is 7.90. The van der Waals surface area contributed by atoms with E-state index < -0.39 is 0 Å². The highest BCUT2D eigenvalue weighted by atomic mass is 14.7. The molecular formula is C32H49N. The van der Waals surface area contributed by atoms with Crippen molar-refractivity contribution in [3.8, 4) is 11.3 Å². The van der Waals surface area contributed by atoms with Crippen molar-refractivity contribution < 1.29 is 0 Å². The maximum absolute atomic E-state index is 4.73. The summed E-state index contributed by atoms with van der Waals surface area (Å²) in [7, 11) is 0. The summed E-state index contributed by atoms with van der Waals surface area (Å²) in [5, 5.41) is 0. The van der Waals surface area contributed by atoms with Gasteiger partial charge in [0.25, 0.3) is 0 Å². The third-order valence-corrected chi connectivity index (χ3v) is 7.90. The second-order valence-corrected chi connectivity index (χ2v) is 10.7. The Balaban J connectivity index is 1.31. The van der Waals surface area contributed by atoms with E-state index in [-0.39, 0.29) is 0 Å². The van der Waals surface area contributed by atoms with Crippen LogP contribution in [0.25, 0.3) is 11.3 Å². The minimum absolute atomic E-state index is 1.01. The van der Waals surface area contributed by atoms with E-state index in [1.807, 2.05) is 0 Å². The van der Waals surface area contributed by atoms with Crippen LogP contribution >= 0.6 is 0 Å². The van der Waals surface area contributed by atoms with Crippen molar-refractivity contribution in [1.29, 1.82) is 0 Å². The first-order chi connectivity index (χ1) is 16.3. The molecule has 0 radical (unpaired) electrons. The van der Waals surface area contributed by atoms with Crippen molar-refractivity contribution in [3.05, 3.63) is 53.7 Å². The molecule has 0 amide bonds. The number of hydrogen-bond donors (Lipinski definition) is 0. The van der Waals surface area contributed by atoms with E-state index >= 15 is 0 Å². The highest BCUT2D eigenvalue weighted by Crippen LogP contribution is 2.34. The Bertz CT molecular complexity index is 737. The largest absolute Gasteiger partial charge is 0.256 e. The average molecular weight is 448 g/mol. The van der Waals surface area contributed by atoms with E-state index in [1.165, 1.54) is 119 Å². The molecule has 0 unspecified atom stereocenters. The average Bonchev–Trinajstić information content (AvgIpc) is 2.86. The molecule has 0 aliphatic heterocycles. The molecule has 1 heteroatoms. The predicted molar refractivity (Wildman–Crippen MR) is 145 cm³/mol. The van der Waals surface area contributed by atoms with E-state index in [0.29, 0.717) is 0 Å². The molecule has 3 rings (SSSR count). The SMILES string of the molecule is CCCCCCc1ccc(-c2ccc(CCCCC3CCC(CCCCC)CC3)cc2)nc1. The van der Waals surface area contributed by atoms with E-state index in [1.54, 1.807) is 0 Å². The number of aromatic nitrogens is 1. The molecule has 1 fully saturated rings. The van der Waals surface area contributed by atoms with Gasteiger partial charge in [0.1, 0.15) is 0 Å². The van der Waals surface area contributed by atoms with Crippen LogP contribution in [-0.4, -0.2) is 4.98 Å². The van der Waals surface area contributed by atoms with Gasteiger partial charge in [-0.15, -0.1) is 0 Å². The van der Waals surface area contributed by atoms with Gasteiger partial charge < -0.3 is 0 Å². The van der Waals surface area contributed by atoms with Gasteiger partial charge in [-0.2, -0.15) is 0 Å². The summed E-state index contributed by atoms with van der Waals surface area (Å²) in [5.74, 6) is 2.05. The number of unbranched alkanes of at least 4 members (excludes halogenated alkanes) is 6. The van der Waals surface area contributed by atoms with Crippen LogP contribution in [0.3, 0.4) is 0 Å². The Morgan fingerprint density at radius 1 is 0.606 bits per heavy atom. The molecule has 1 saturated carbocycles. The van der Waals surface area contributed by atoms with Gasteiger partial charge in [0.15, 0.2) is 0 Å². The highest BCUT2D eigenvalue weighted by Gasteiger charge is 2.20. The molecule has 1 aromatic heterocycles. The Hall–Kier alpha value is -1.63. The van der Waals surface area contributed by atoms with Crippen LogP contribution in [0, 0.1) is 11.8 Å². The molecule has 0 bridgehead atoms. The van der Waals surface area contributed by atoms with Gasteiger partial charge >= 0.3 is 0 Å². The lowest BCUT2D eigenvalue weighted by Gasteiger charge is -2.28. The van der Waals surface area contributed by atoms with Crippen LogP contribution in [0.15, 0.2) is 42.6 Å². The summed E-state index contributed by atoms with van der Waals surface area (Å²) in [6.45, 7) is 4.58. The second kappa shape index (κ2) is 15.3. The van der Waals surface area contributed by atoms with E-state index in [2.05, 4.69) is 56.4 Å². The van der Waals surface area contributed by atoms with Crippen molar-refractivity contribution in [3.63, 3.8) is 0 Å². The van der Waals surface area contributed by atoms with Crippen LogP contribution in [0.4, 0.5) is 0 Å². The Labute approximate surface area is 204 Å². The quantitative estimate of drug-likeness (QED) is 0.247. The molecule has 1 aliphatic carbocycles. The first kappa shape index (κ1) is 26.0. The van der Waals surface area contributed by atoms with Crippen LogP contribution in [0.2, 0.25) is 0 Å². The van der Waals surface area contributed by atoms with Crippen LogP contribution in [-0.2, 0) is 12.8 Å². The lowest BCUT2D eigenvalue weighted by atomic mass is 9.78. The summed E-state index contributed by atoms with van der Waals surface area (Å²) in [4.78, 5) is 4.73. The third kappa shape index (κ3) is 9.63. The molecule has 1 nitrogen and oxygen atoms in total. The van der Waals surface area contributed by atoms with Crippen molar-refractivity contribution in [1.82, 2.24) is 4.98 Å². The van der Waals surface area contributed by atoms with Gasteiger partial charge in [-0.1, -0.05) is 128 Å². The summed E-state index contributed by atoms with van der Waals surface area (Å²) in [5.41, 5.74) is 5.19. The lowest BCUT2D eigenvalue weighted by molar-refractivity contribution is 0.245. The van der Waals surface area contributed by atoms with Gasteiger partial charge in [-0.05, 0) is 54.7 Å². The fraction of sp³-hybridized carbons (Fsp3) is 0.656. The maximum atomic E-state index is 4.73. The number of aryl methyl sites for hydroxylation is 2. The first-order valence-corrected chi connectivity index (χ1v) is 14.3. The predicted octanol–water partition coefficient (Wildman–Crippen LogP) is 9.97. The number of nitrogens with zero attached hydrogens (tertiary/aromatic N) is 1. The molecular weight excluding hydrogens is 398 g/mol. The molecule has 0 spiro atoms. The van der Waals surface area contributed by atoms with Crippen molar-refractivity contribution in [2.75, 3.05) is 0 Å². The molecule has 182 valence electrons. The van der Waals surface area contributed by atoms with Crippen molar-refractivity contribution in [2.24, 2.45) is 11.8 Å². The smallest absolute Gasteiger partial charge is 0.0702 e. The number of benzene rings is 1. The summed E-state index contributed by atoms with van der Waals surface area (Å²) in [6.07, 6.45) is 25.7. The Kier molecular flexibility index (Phi) is 12.1. The number of rotatable bonds is 15. The van der Waals surface area contributed by atoms with Gasteiger partial charge in [-0.25, -0.2) is 0 Å². The van der Waals surface area contributed by atoms with E-state index in [4.69, 9.17) is 4.98 Å². The van der Waals surface area contributed by atoms with Gasteiger partial charge in [-0.3, -0.25) is 4.98 Å². The van der Waals surface area contributed by atoms with Gasteiger partial charge in [0, 0.05) is 11.8 Å². The zero-order chi connectivity index (χ0) is 23.1. The second-order valence-electron chi connectivity index (χ2n) is 10.7. The zero-order valence-electron chi connectivity index (χ0n) is 21.7. The fourth-order valence-corrected chi connectivity index (χ4v) is 5.60. The molecule has 2 aromatic rings. The first-order valence-electron chi connectivity index (χ1n) is 14.3. The maximum Gasteiger partial charge on any atom is 0.0702 e. The highest BCUT2D eigenvalue weighted by molar-refractivity contribution is 5.59. The van der Waals surface area contributed by atoms with Gasteiger partial charge in [0.05, 0.1) is 5.69 Å². The Morgan fingerprint density at radius 3 is 1.76 bits per heavy atom. The Morgan fingerprint density at radius 2 is 1.15 bits per heavy atom. The number of pyridine rings is 1.